The minimum Gasteiger partial charge on any atom is -0.335 e. The molecule has 20 heavy (non-hydrogen) atoms. The summed E-state index contributed by atoms with van der Waals surface area (Å²) >= 11 is 11.8. The van der Waals surface area contributed by atoms with Crippen molar-refractivity contribution in [1.82, 2.24) is 5.32 Å². The van der Waals surface area contributed by atoms with E-state index in [4.69, 9.17) is 23.2 Å². The molecule has 0 bridgehead atoms. The third-order valence-corrected chi connectivity index (χ3v) is 4.94. The fourth-order valence-electron chi connectivity index (χ4n) is 2.70. The Morgan fingerprint density at radius 1 is 1.20 bits per heavy atom. The molecule has 0 saturated heterocycles. The number of rotatable bonds is 2. The van der Waals surface area contributed by atoms with Crippen LogP contribution in [-0.2, 0) is 0 Å². The maximum Gasteiger partial charge on any atom is 0.319 e. The van der Waals surface area contributed by atoms with Gasteiger partial charge in [-0.2, -0.15) is 0 Å². The number of amides is 2. The van der Waals surface area contributed by atoms with Crippen LogP contribution in [0, 0.1) is 11.8 Å². The van der Waals surface area contributed by atoms with Crippen LogP contribution in [0.25, 0.3) is 0 Å². The summed E-state index contributed by atoms with van der Waals surface area (Å²) in [5.74, 6) is 1.15. The number of carbonyl (C=O) groups is 1. The molecule has 0 spiro atoms. The average molecular weight is 315 g/mol. The summed E-state index contributed by atoms with van der Waals surface area (Å²) in [6.45, 7) is 4.45. The van der Waals surface area contributed by atoms with Crippen molar-refractivity contribution in [2.75, 3.05) is 5.32 Å². The Morgan fingerprint density at radius 2 is 1.95 bits per heavy atom. The van der Waals surface area contributed by atoms with E-state index in [1.807, 2.05) is 0 Å². The molecule has 0 unspecified atom stereocenters. The minimum absolute atomic E-state index is 0.186. The highest BCUT2D eigenvalue weighted by atomic mass is 35.5. The third-order valence-electron chi connectivity index (χ3n) is 4.20. The monoisotopic (exact) mass is 314 g/mol. The first-order chi connectivity index (χ1) is 9.47. The lowest BCUT2D eigenvalue weighted by atomic mass is 9.78. The van der Waals surface area contributed by atoms with Crippen LogP contribution in [0.15, 0.2) is 18.2 Å². The molecule has 0 radical (unpaired) electrons. The predicted octanol–water partition coefficient (Wildman–Crippen LogP) is 4.94. The average Bonchev–Trinajstić information content (AvgIpc) is 2.39. The number of halogens is 2. The van der Waals surface area contributed by atoms with Crippen LogP contribution >= 0.6 is 23.2 Å². The van der Waals surface area contributed by atoms with Crippen LogP contribution in [0.5, 0.6) is 0 Å². The second-order valence-corrected chi connectivity index (χ2v) is 6.42. The molecular formula is C15H20Cl2N2O. The van der Waals surface area contributed by atoms with Crippen molar-refractivity contribution in [3.8, 4) is 0 Å². The molecule has 0 heterocycles. The first kappa shape index (κ1) is 15.5. The highest BCUT2D eigenvalue weighted by Crippen LogP contribution is 2.29. The van der Waals surface area contributed by atoms with E-state index >= 15 is 0 Å². The molecule has 2 rings (SSSR count). The van der Waals surface area contributed by atoms with E-state index in [1.54, 1.807) is 18.2 Å². The lowest BCUT2D eigenvalue weighted by Gasteiger charge is -2.34. The summed E-state index contributed by atoms with van der Waals surface area (Å²) < 4.78 is 0. The zero-order valence-corrected chi connectivity index (χ0v) is 13.3. The van der Waals surface area contributed by atoms with Gasteiger partial charge in [0.15, 0.2) is 0 Å². The van der Waals surface area contributed by atoms with E-state index in [0.29, 0.717) is 27.6 Å². The fourth-order valence-corrected chi connectivity index (χ4v) is 2.99. The Labute approximate surface area is 130 Å². The van der Waals surface area contributed by atoms with Gasteiger partial charge in [0.1, 0.15) is 0 Å². The summed E-state index contributed by atoms with van der Waals surface area (Å²) in [5.41, 5.74) is 0.647. The standard InChI is InChI=1S/C15H20Cl2N2O/c1-9-4-3-5-14(10(9)2)19-15(20)18-11-6-7-12(16)13(17)8-11/h6-10,14H,3-5H2,1-2H3,(H2,18,19,20)/t9-,10+,14-/m1/s1. The molecule has 1 fully saturated rings. The van der Waals surface area contributed by atoms with Gasteiger partial charge in [-0.3, -0.25) is 0 Å². The van der Waals surface area contributed by atoms with Crippen LogP contribution in [0.3, 0.4) is 0 Å². The summed E-state index contributed by atoms with van der Waals surface area (Å²) in [5, 5.41) is 6.77. The lowest BCUT2D eigenvalue weighted by Crippen LogP contribution is -2.45. The zero-order valence-electron chi connectivity index (χ0n) is 11.7. The molecule has 5 heteroatoms. The molecule has 110 valence electrons. The van der Waals surface area contributed by atoms with Gasteiger partial charge in [0, 0.05) is 11.7 Å². The highest BCUT2D eigenvalue weighted by molar-refractivity contribution is 6.42. The second-order valence-electron chi connectivity index (χ2n) is 5.60. The molecule has 2 N–H and O–H groups in total. The van der Waals surface area contributed by atoms with Crippen molar-refractivity contribution in [3.05, 3.63) is 28.2 Å². The van der Waals surface area contributed by atoms with Crippen LogP contribution in [-0.4, -0.2) is 12.1 Å². The van der Waals surface area contributed by atoms with E-state index < -0.39 is 0 Å². The van der Waals surface area contributed by atoms with Crippen molar-refractivity contribution in [1.29, 1.82) is 0 Å². The van der Waals surface area contributed by atoms with E-state index in [-0.39, 0.29) is 12.1 Å². The van der Waals surface area contributed by atoms with Gasteiger partial charge in [-0.25, -0.2) is 4.79 Å². The van der Waals surface area contributed by atoms with Crippen molar-refractivity contribution < 1.29 is 4.79 Å². The molecule has 1 aromatic rings. The Hall–Kier alpha value is -0.930. The van der Waals surface area contributed by atoms with Gasteiger partial charge in [-0.1, -0.05) is 49.9 Å². The first-order valence-electron chi connectivity index (χ1n) is 7.00. The van der Waals surface area contributed by atoms with E-state index in [9.17, 15) is 4.79 Å². The minimum atomic E-state index is -0.186. The second kappa shape index (κ2) is 6.68. The molecule has 2 amide bonds. The lowest BCUT2D eigenvalue weighted by molar-refractivity contribution is 0.201. The third kappa shape index (κ3) is 3.80. The highest BCUT2D eigenvalue weighted by Gasteiger charge is 2.28. The summed E-state index contributed by atoms with van der Waals surface area (Å²) in [4.78, 5) is 12.0. The zero-order chi connectivity index (χ0) is 14.7. The van der Waals surface area contributed by atoms with Gasteiger partial charge < -0.3 is 10.6 Å². The summed E-state index contributed by atoms with van der Waals surface area (Å²) in [7, 11) is 0. The fraction of sp³-hybridized carbons (Fsp3) is 0.533. The molecular weight excluding hydrogens is 295 g/mol. The Morgan fingerprint density at radius 3 is 2.65 bits per heavy atom. The van der Waals surface area contributed by atoms with Crippen molar-refractivity contribution >= 4 is 34.9 Å². The molecule has 1 saturated carbocycles. The van der Waals surface area contributed by atoms with Crippen LogP contribution in [0.4, 0.5) is 10.5 Å². The quantitative estimate of drug-likeness (QED) is 0.797. The molecule has 0 aliphatic heterocycles. The molecule has 0 aromatic heterocycles. The molecule has 1 aliphatic carbocycles. The molecule has 1 aliphatic rings. The number of hydrogen-bond acceptors (Lipinski definition) is 1. The predicted molar refractivity (Wildman–Crippen MR) is 84.6 cm³/mol. The maximum atomic E-state index is 12.0. The van der Waals surface area contributed by atoms with Gasteiger partial charge in [0.2, 0.25) is 0 Å². The Kier molecular flexibility index (Phi) is 5.17. The number of urea groups is 1. The van der Waals surface area contributed by atoms with Crippen molar-refractivity contribution in [2.45, 2.75) is 39.2 Å². The molecule has 3 atom stereocenters. The summed E-state index contributed by atoms with van der Waals surface area (Å²) in [6.07, 6.45) is 3.46. The number of anilines is 1. The number of benzene rings is 1. The molecule has 3 nitrogen and oxygen atoms in total. The Bertz CT molecular complexity index is 493. The van der Waals surface area contributed by atoms with Gasteiger partial charge >= 0.3 is 6.03 Å². The number of hydrogen-bond donors (Lipinski definition) is 2. The normalized spacial score (nSPS) is 26.1. The number of nitrogens with one attached hydrogen (secondary N) is 2. The topological polar surface area (TPSA) is 41.1 Å². The van der Waals surface area contributed by atoms with Crippen molar-refractivity contribution in [3.63, 3.8) is 0 Å². The van der Waals surface area contributed by atoms with E-state index in [0.717, 1.165) is 6.42 Å². The van der Waals surface area contributed by atoms with Gasteiger partial charge in [0.25, 0.3) is 0 Å². The summed E-state index contributed by atoms with van der Waals surface area (Å²) in [6, 6.07) is 5.11. The van der Waals surface area contributed by atoms with Gasteiger partial charge in [-0.05, 0) is 36.5 Å². The van der Waals surface area contributed by atoms with Crippen LogP contribution in [0.1, 0.15) is 33.1 Å². The maximum absolute atomic E-state index is 12.0. The van der Waals surface area contributed by atoms with E-state index in [2.05, 4.69) is 24.5 Å². The van der Waals surface area contributed by atoms with Crippen LogP contribution in [0.2, 0.25) is 10.0 Å². The van der Waals surface area contributed by atoms with Crippen molar-refractivity contribution in [2.24, 2.45) is 11.8 Å². The largest absolute Gasteiger partial charge is 0.335 e. The van der Waals surface area contributed by atoms with E-state index in [1.165, 1.54) is 12.8 Å². The van der Waals surface area contributed by atoms with Gasteiger partial charge in [-0.15, -0.1) is 0 Å². The van der Waals surface area contributed by atoms with Gasteiger partial charge in [0.05, 0.1) is 10.0 Å². The SMILES string of the molecule is C[C@H]1[C@H](C)CCC[C@H]1NC(=O)Nc1ccc(Cl)c(Cl)c1. The molecule has 1 aromatic carbocycles. The number of carbonyl (C=O) groups excluding carboxylic acids is 1. The first-order valence-corrected chi connectivity index (χ1v) is 7.75. The smallest absolute Gasteiger partial charge is 0.319 e. The Balaban J connectivity index is 1.93. The van der Waals surface area contributed by atoms with Crippen LogP contribution < -0.4 is 10.6 Å².